The van der Waals surface area contributed by atoms with Gasteiger partial charge in [0.2, 0.25) is 0 Å². The van der Waals surface area contributed by atoms with E-state index in [1.54, 1.807) is 6.07 Å². The molecule has 1 aliphatic carbocycles. The number of rotatable bonds is 5. The van der Waals surface area contributed by atoms with E-state index in [9.17, 15) is 9.59 Å². The fraction of sp³-hybridized carbons (Fsp3) is 0.435. The molecule has 3 rings (SSSR count). The number of benzene rings is 1. The van der Waals surface area contributed by atoms with Crippen molar-refractivity contribution in [2.75, 3.05) is 5.32 Å². The number of nitrogens with zero attached hydrogens (tertiary/aromatic N) is 1. The van der Waals surface area contributed by atoms with E-state index in [0.717, 1.165) is 31.4 Å². The normalized spacial score (nSPS) is 15.1. The Morgan fingerprint density at radius 3 is 2.14 bits per heavy atom. The van der Waals surface area contributed by atoms with Gasteiger partial charge in [0.25, 0.3) is 11.8 Å². The van der Waals surface area contributed by atoms with Crippen molar-refractivity contribution in [1.82, 2.24) is 10.3 Å². The van der Waals surface area contributed by atoms with E-state index in [0.29, 0.717) is 17.0 Å². The van der Waals surface area contributed by atoms with Crippen molar-refractivity contribution in [2.45, 2.75) is 64.3 Å². The molecule has 2 aromatic rings. The molecule has 1 aromatic carbocycles. The number of hydrogen-bond acceptors (Lipinski definition) is 3. The van der Waals surface area contributed by atoms with Gasteiger partial charge in [0.05, 0.1) is 11.1 Å². The Bertz CT molecular complexity index is 807. The second-order valence-corrected chi connectivity index (χ2v) is 7.86. The van der Waals surface area contributed by atoms with Gasteiger partial charge in [0, 0.05) is 24.1 Å². The van der Waals surface area contributed by atoms with Crippen molar-refractivity contribution in [3.05, 3.63) is 59.4 Å². The van der Waals surface area contributed by atoms with Crippen molar-refractivity contribution in [3.63, 3.8) is 0 Å². The summed E-state index contributed by atoms with van der Waals surface area (Å²) in [7, 11) is 0. The molecule has 0 unspecified atom stereocenters. The van der Waals surface area contributed by atoms with Gasteiger partial charge >= 0.3 is 0 Å². The van der Waals surface area contributed by atoms with Gasteiger partial charge in [0.1, 0.15) is 0 Å². The Hall–Kier alpha value is -2.69. The number of carbonyl (C=O) groups is 2. The maximum Gasteiger partial charge on any atom is 0.257 e. The van der Waals surface area contributed by atoms with Gasteiger partial charge in [-0.25, -0.2) is 0 Å². The highest BCUT2D eigenvalue weighted by Crippen LogP contribution is 2.19. The van der Waals surface area contributed by atoms with E-state index < -0.39 is 0 Å². The smallest absolute Gasteiger partial charge is 0.257 e. The number of aromatic nitrogens is 1. The van der Waals surface area contributed by atoms with Crippen molar-refractivity contribution in [3.8, 4) is 0 Å². The van der Waals surface area contributed by atoms with E-state index >= 15 is 0 Å². The van der Waals surface area contributed by atoms with Gasteiger partial charge in [-0.3, -0.25) is 14.6 Å². The Kier molecular flexibility index (Phi) is 6.80. The quantitative estimate of drug-likeness (QED) is 0.725. The number of anilines is 1. The summed E-state index contributed by atoms with van der Waals surface area (Å²) < 4.78 is 0. The number of nitrogens with one attached hydrogen (secondary N) is 2. The van der Waals surface area contributed by atoms with E-state index in [2.05, 4.69) is 29.5 Å². The molecule has 1 aromatic heterocycles. The van der Waals surface area contributed by atoms with Crippen LogP contribution in [0.15, 0.2) is 42.7 Å². The fourth-order valence-electron chi connectivity index (χ4n) is 3.54. The first-order valence-corrected chi connectivity index (χ1v) is 10.2. The lowest BCUT2D eigenvalue weighted by molar-refractivity contribution is 0.0933. The molecule has 5 heteroatoms. The van der Waals surface area contributed by atoms with E-state index in [-0.39, 0.29) is 17.9 Å². The van der Waals surface area contributed by atoms with Crippen LogP contribution in [0.5, 0.6) is 0 Å². The van der Waals surface area contributed by atoms with Crippen molar-refractivity contribution in [1.29, 1.82) is 0 Å². The minimum Gasteiger partial charge on any atom is -0.349 e. The zero-order chi connectivity index (χ0) is 19.9. The van der Waals surface area contributed by atoms with Crippen LogP contribution in [0, 0.1) is 0 Å². The Morgan fingerprint density at radius 1 is 0.929 bits per heavy atom. The molecule has 0 aliphatic heterocycles. The summed E-state index contributed by atoms with van der Waals surface area (Å²) in [5.74, 6) is 0.0156. The lowest BCUT2D eigenvalue weighted by Crippen LogP contribution is -2.34. The first-order chi connectivity index (χ1) is 13.5. The summed E-state index contributed by atoms with van der Waals surface area (Å²) in [6.45, 7) is 4.26. The number of amides is 2. The molecule has 1 heterocycles. The average Bonchev–Trinajstić information content (AvgIpc) is 2.97. The second kappa shape index (κ2) is 9.49. The molecule has 5 nitrogen and oxygen atoms in total. The minimum absolute atomic E-state index is 0.157. The summed E-state index contributed by atoms with van der Waals surface area (Å²) in [5.41, 5.74) is 2.74. The fourth-order valence-corrected chi connectivity index (χ4v) is 3.54. The maximum absolute atomic E-state index is 12.6. The monoisotopic (exact) mass is 379 g/mol. The third-order valence-corrected chi connectivity index (χ3v) is 5.29. The molecule has 1 saturated carbocycles. The Morgan fingerprint density at radius 2 is 1.54 bits per heavy atom. The predicted octanol–water partition coefficient (Wildman–Crippen LogP) is 4.91. The standard InChI is InChI=1S/C23H29N3O2/c1-16(2)17-9-11-21(12-10-17)26-23(28)19-13-18(14-24-15-19)22(27)25-20-7-5-3-4-6-8-20/h9-16,20H,3-8H2,1-2H3,(H,25,27)(H,26,28). The third kappa shape index (κ3) is 5.41. The second-order valence-electron chi connectivity index (χ2n) is 7.86. The van der Waals surface area contributed by atoms with Gasteiger partial charge in [-0.2, -0.15) is 0 Å². The lowest BCUT2D eigenvalue weighted by Gasteiger charge is -2.16. The van der Waals surface area contributed by atoms with Gasteiger partial charge in [-0.05, 0) is 42.5 Å². The summed E-state index contributed by atoms with van der Waals surface area (Å²) in [6, 6.07) is 9.63. The van der Waals surface area contributed by atoms with Crippen molar-refractivity contribution >= 4 is 17.5 Å². The van der Waals surface area contributed by atoms with Gasteiger partial charge in [0.15, 0.2) is 0 Å². The Labute approximate surface area is 167 Å². The van der Waals surface area contributed by atoms with Crippen LogP contribution in [0.4, 0.5) is 5.69 Å². The van der Waals surface area contributed by atoms with Crippen LogP contribution < -0.4 is 10.6 Å². The van der Waals surface area contributed by atoms with E-state index in [1.807, 2.05) is 24.3 Å². The van der Waals surface area contributed by atoms with Crippen LogP contribution in [-0.2, 0) is 0 Å². The van der Waals surface area contributed by atoms with Crippen LogP contribution in [0.25, 0.3) is 0 Å². The van der Waals surface area contributed by atoms with Gasteiger partial charge in [-0.15, -0.1) is 0 Å². The highest BCUT2D eigenvalue weighted by molar-refractivity contribution is 6.05. The molecule has 1 fully saturated rings. The number of pyridine rings is 1. The first-order valence-electron chi connectivity index (χ1n) is 10.2. The topological polar surface area (TPSA) is 71.1 Å². The van der Waals surface area contributed by atoms with Gasteiger partial charge in [-0.1, -0.05) is 51.7 Å². The molecule has 0 saturated heterocycles. The summed E-state index contributed by atoms with van der Waals surface area (Å²) in [4.78, 5) is 29.2. The van der Waals surface area contributed by atoms with Gasteiger partial charge < -0.3 is 10.6 Å². The maximum atomic E-state index is 12.6. The summed E-state index contributed by atoms with van der Waals surface area (Å²) >= 11 is 0. The minimum atomic E-state index is -0.270. The molecule has 148 valence electrons. The molecule has 0 spiro atoms. The molecular formula is C23H29N3O2. The summed E-state index contributed by atoms with van der Waals surface area (Å²) in [6.07, 6.45) is 9.82. The first kappa shape index (κ1) is 20.1. The van der Waals surface area contributed by atoms with Crippen LogP contribution in [0.2, 0.25) is 0 Å². The number of hydrogen-bond donors (Lipinski definition) is 2. The molecule has 1 aliphatic rings. The predicted molar refractivity (Wildman–Crippen MR) is 112 cm³/mol. The Balaban J connectivity index is 1.64. The summed E-state index contributed by atoms with van der Waals surface area (Å²) in [5, 5.41) is 5.97. The van der Waals surface area contributed by atoms with Crippen molar-refractivity contribution < 1.29 is 9.59 Å². The van der Waals surface area contributed by atoms with Crippen LogP contribution in [0.1, 0.15) is 84.6 Å². The van der Waals surface area contributed by atoms with Crippen LogP contribution >= 0.6 is 0 Å². The highest BCUT2D eigenvalue weighted by atomic mass is 16.2. The average molecular weight is 380 g/mol. The molecule has 2 N–H and O–H groups in total. The largest absolute Gasteiger partial charge is 0.349 e. The lowest BCUT2D eigenvalue weighted by atomic mass is 10.0. The molecular weight excluding hydrogens is 350 g/mol. The van der Waals surface area contributed by atoms with Crippen LogP contribution in [-0.4, -0.2) is 22.8 Å². The van der Waals surface area contributed by atoms with E-state index in [1.165, 1.54) is 30.8 Å². The molecule has 0 bridgehead atoms. The molecule has 0 atom stereocenters. The molecule has 0 radical (unpaired) electrons. The molecule has 2 amide bonds. The van der Waals surface area contributed by atoms with Crippen molar-refractivity contribution in [2.24, 2.45) is 0 Å². The third-order valence-electron chi connectivity index (χ3n) is 5.29. The highest BCUT2D eigenvalue weighted by Gasteiger charge is 2.17. The SMILES string of the molecule is CC(C)c1ccc(NC(=O)c2cncc(C(=O)NC3CCCCCC3)c2)cc1. The zero-order valence-electron chi connectivity index (χ0n) is 16.7. The van der Waals surface area contributed by atoms with Crippen LogP contribution in [0.3, 0.4) is 0 Å². The zero-order valence-corrected chi connectivity index (χ0v) is 16.7. The van der Waals surface area contributed by atoms with E-state index in [4.69, 9.17) is 0 Å². The molecule has 28 heavy (non-hydrogen) atoms. The number of carbonyl (C=O) groups excluding carboxylic acids is 2.